The van der Waals surface area contributed by atoms with Crippen molar-refractivity contribution in [1.82, 2.24) is 14.8 Å². The van der Waals surface area contributed by atoms with Crippen molar-refractivity contribution in [3.05, 3.63) is 66.5 Å². The molecular weight excluding hydrogens is 364 g/mol. The van der Waals surface area contributed by atoms with Gasteiger partial charge in [0.25, 0.3) is 0 Å². The molecule has 0 aliphatic heterocycles. The van der Waals surface area contributed by atoms with Crippen LogP contribution in [0.3, 0.4) is 0 Å². The molecule has 4 aromatic rings. The third kappa shape index (κ3) is 3.63. The number of fused-ring (bicyclic) bond motifs is 1. The summed E-state index contributed by atoms with van der Waals surface area (Å²) in [5.41, 5.74) is 3.59. The van der Waals surface area contributed by atoms with E-state index in [1.807, 2.05) is 61.0 Å². The molecule has 1 amide bonds. The summed E-state index contributed by atoms with van der Waals surface area (Å²) in [6.07, 6.45) is 5.90. The van der Waals surface area contributed by atoms with Crippen molar-refractivity contribution < 1.29 is 4.79 Å². The van der Waals surface area contributed by atoms with Gasteiger partial charge in [0.15, 0.2) is 4.34 Å². The summed E-state index contributed by atoms with van der Waals surface area (Å²) >= 11 is 3.26. The van der Waals surface area contributed by atoms with Crippen molar-refractivity contribution in [2.45, 2.75) is 10.8 Å². The Morgan fingerprint density at radius 1 is 1.23 bits per heavy atom. The van der Waals surface area contributed by atoms with Crippen LogP contribution in [0.1, 0.15) is 5.56 Å². The number of nitrogens with one attached hydrogen (secondary N) is 1. The molecule has 0 aliphatic carbocycles. The summed E-state index contributed by atoms with van der Waals surface area (Å²) in [6, 6.07) is 15.6. The number of benzene rings is 2. The summed E-state index contributed by atoms with van der Waals surface area (Å²) in [6.45, 7) is 0. The lowest BCUT2D eigenvalue weighted by atomic mass is 10.2. The molecule has 2 aromatic heterocycles. The number of anilines is 1. The number of amides is 1. The lowest BCUT2D eigenvalue weighted by Crippen LogP contribution is -2.13. The van der Waals surface area contributed by atoms with Crippen molar-refractivity contribution in [2.75, 3.05) is 11.6 Å². The summed E-state index contributed by atoms with van der Waals surface area (Å²) in [7, 11) is 0. The normalized spacial score (nSPS) is 11.0. The number of hydrogen-bond acceptors (Lipinski definition) is 5. The van der Waals surface area contributed by atoms with Crippen LogP contribution in [0.2, 0.25) is 0 Å². The van der Waals surface area contributed by atoms with Gasteiger partial charge in [-0.3, -0.25) is 4.79 Å². The zero-order valence-corrected chi connectivity index (χ0v) is 15.7. The standard InChI is InChI=1S/C19H16N4OS2/c1-25-19-22-16-8-7-14(10-17(16)26-19)21-18(24)9-13-11-20-23(12-13)15-5-3-2-4-6-15/h2-8,10-12H,9H2,1H3,(H,21,24). The number of thioether (sulfide) groups is 1. The zero-order chi connectivity index (χ0) is 17.9. The molecule has 7 heteroatoms. The molecule has 0 radical (unpaired) electrons. The average Bonchev–Trinajstić information content (AvgIpc) is 3.28. The van der Waals surface area contributed by atoms with Crippen LogP contribution < -0.4 is 5.32 Å². The third-order valence-electron chi connectivity index (χ3n) is 3.85. The number of para-hydroxylation sites is 1. The number of rotatable bonds is 5. The third-order valence-corrected chi connectivity index (χ3v) is 5.85. The highest BCUT2D eigenvalue weighted by atomic mass is 32.2. The molecule has 2 aromatic carbocycles. The highest BCUT2D eigenvalue weighted by molar-refractivity contribution is 8.00. The van der Waals surface area contributed by atoms with Crippen LogP contribution in [0, 0.1) is 0 Å². The molecule has 1 N–H and O–H groups in total. The fraction of sp³-hybridized carbons (Fsp3) is 0.105. The van der Waals surface area contributed by atoms with Gasteiger partial charge in [-0.15, -0.1) is 11.3 Å². The summed E-state index contributed by atoms with van der Waals surface area (Å²) in [4.78, 5) is 16.9. The Bertz CT molecular complexity index is 1060. The van der Waals surface area contributed by atoms with Crippen LogP contribution in [0.5, 0.6) is 0 Å². The molecule has 0 fully saturated rings. The smallest absolute Gasteiger partial charge is 0.228 e. The lowest BCUT2D eigenvalue weighted by molar-refractivity contribution is -0.115. The van der Waals surface area contributed by atoms with E-state index in [2.05, 4.69) is 15.4 Å². The molecule has 130 valence electrons. The first-order chi connectivity index (χ1) is 12.7. The Labute approximate surface area is 159 Å². The second kappa shape index (κ2) is 7.31. The largest absolute Gasteiger partial charge is 0.326 e. The summed E-state index contributed by atoms with van der Waals surface area (Å²) < 4.78 is 3.87. The minimum absolute atomic E-state index is 0.0634. The van der Waals surface area contributed by atoms with Crippen molar-refractivity contribution >= 4 is 44.9 Å². The van der Waals surface area contributed by atoms with E-state index in [4.69, 9.17) is 0 Å². The first kappa shape index (κ1) is 16.8. The van der Waals surface area contributed by atoms with Gasteiger partial charge in [0, 0.05) is 11.9 Å². The fourth-order valence-electron chi connectivity index (χ4n) is 2.63. The maximum Gasteiger partial charge on any atom is 0.228 e. The van der Waals surface area contributed by atoms with Crippen molar-refractivity contribution in [3.8, 4) is 5.69 Å². The molecule has 26 heavy (non-hydrogen) atoms. The van der Waals surface area contributed by atoms with Gasteiger partial charge in [0.05, 0.1) is 28.5 Å². The second-order valence-electron chi connectivity index (χ2n) is 5.72. The van der Waals surface area contributed by atoms with Crippen LogP contribution in [0.15, 0.2) is 65.3 Å². The molecule has 0 aliphatic rings. The van der Waals surface area contributed by atoms with Gasteiger partial charge < -0.3 is 5.32 Å². The van der Waals surface area contributed by atoms with E-state index in [0.29, 0.717) is 0 Å². The minimum Gasteiger partial charge on any atom is -0.326 e. The average molecular weight is 380 g/mol. The number of aromatic nitrogens is 3. The van der Waals surface area contributed by atoms with Crippen LogP contribution >= 0.6 is 23.1 Å². The van der Waals surface area contributed by atoms with E-state index in [1.165, 1.54) is 0 Å². The molecule has 0 unspecified atom stereocenters. The van der Waals surface area contributed by atoms with E-state index < -0.39 is 0 Å². The van der Waals surface area contributed by atoms with Crippen LogP contribution in [-0.2, 0) is 11.2 Å². The van der Waals surface area contributed by atoms with Crippen LogP contribution in [0.4, 0.5) is 5.69 Å². The highest BCUT2D eigenvalue weighted by Gasteiger charge is 2.09. The van der Waals surface area contributed by atoms with E-state index in [0.717, 1.165) is 31.5 Å². The maximum atomic E-state index is 12.4. The Balaban J connectivity index is 1.45. The summed E-state index contributed by atoms with van der Waals surface area (Å²) in [5, 5.41) is 7.28. The van der Waals surface area contributed by atoms with Gasteiger partial charge in [-0.25, -0.2) is 9.67 Å². The molecule has 0 atom stereocenters. The van der Waals surface area contributed by atoms with Gasteiger partial charge in [-0.2, -0.15) is 5.10 Å². The minimum atomic E-state index is -0.0634. The Morgan fingerprint density at radius 3 is 2.88 bits per heavy atom. The van der Waals surface area contributed by atoms with Crippen molar-refractivity contribution in [1.29, 1.82) is 0 Å². The van der Waals surface area contributed by atoms with Gasteiger partial charge in [-0.1, -0.05) is 30.0 Å². The van der Waals surface area contributed by atoms with Gasteiger partial charge in [0.2, 0.25) is 5.91 Å². The molecule has 0 bridgehead atoms. The SMILES string of the molecule is CSc1nc2ccc(NC(=O)Cc3cnn(-c4ccccc4)c3)cc2s1. The monoisotopic (exact) mass is 380 g/mol. The number of hydrogen-bond donors (Lipinski definition) is 1. The van der Waals surface area contributed by atoms with E-state index in [1.54, 1.807) is 34.0 Å². The first-order valence-corrected chi connectivity index (χ1v) is 10.1. The van der Waals surface area contributed by atoms with E-state index in [-0.39, 0.29) is 12.3 Å². The maximum absolute atomic E-state index is 12.4. The predicted octanol–water partition coefficient (Wildman–Crippen LogP) is 4.39. The van der Waals surface area contributed by atoms with Crippen molar-refractivity contribution in [3.63, 3.8) is 0 Å². The van der Waals surface area contributed by atoms with Crippen LogP contribution in [-0.4, -0.2) is 26.9 Å². The molecule has 0 spiro atoms. The molecule has 5 nitrogen and oxygen atoms in total. The number of thiazole rings is 1. The molecule has 0 saturated heterocycles. The van der Waals surface area contributed by atoms with Gasteiger partial charge in [0.1, 0.15) is 0 Å². The zero-order valence-electron chi connectivity index (χ0n) is 14.0. The number of nitrogens with zero attached hydrogens (tertiary/aromatic N) is 3. The van der Waals surface area contributed by atoms with Crippen LogP contribution in [0.25, 0.3) is 15.9 Å². The highest BCUT2D eigenvalue weighted by Crippen LogP contribution is 2.30. The predicted molar refractivity (Wildman–Crippen MR) is 107 cm³/mol. The number of carbonyl (C=O) groups is 1. The van der Waals surface area contributed by atoms with Gasteiger partial charge >= 0.3 is 0 Å². The molecule has 0 saturated carbocycles. The first-order valence-electron chi connectivity index (χ1n) is 8.05. The fourth-order valence-corrected chi connectivity index (χ4v) is 4.16. The summed E-state index contributed by atoms with van der Waals surface area (Å²) in [5.74, 6) is -0.0634. The molecule has 4 rings (SSSR count). The van der Waals surface area contributed by atoms with Gasteiger partial charge in [-0.05, 0) is 42.2 Å². The second-order valence-corrected chi connectivity index (χ2v) is 7.80. The van der Waals surface area contributed by atoms with E-state index >= 15 is 0 Å². The topological polar surface area (TPSA) is 59.8 Å². The molecular formula is C19H16N4OS2. The Hall–Kier alpha value is -2.64. The Morgan fingerprint density at radius 2 is 2.08 bits per heavy atom. The lowest BCUT2D eigenvalue weighted by Gasteiger charge is -2.04. The molecule has 2 heterocycles. The van der Waals surface area contributed by atoms with Crippen molar-refractivity contribution in [2.24, 2.45) is 0 Å². The van der Waals surface area contributed by atoms with E-state index in [9.17, 15) is 4.79 Å². The number of carbonyl (C=O) groups excluding carboxylic acids is 1. The Kier molecular flexibility index (Phi) is 4.73. The quantitative estimate of drug-likeness (QED) is 0.522.